The molecule has 5 rings (SSSR count). The fourth-order valence-corrected chi connectivity index (χ4v) is 5.43. The van der Waals surface area contributed by atoms with Gasteiger partial charge in [-0.1, -0.05) is 18.5 Å². The lowest BCUT2D eigenvalue weighted by molar-refractivity contribution is 0.0927. The average Bonchev–Trinajstić information content (AvgIpc) is 3.06. The fraction of sp³-hybridized carbons (Fsp3) is 0.391. The van der Waals surface area contributed by atoms with E-state index in [1.54, 1.807) is 36.4 Å². The lowest BCUT2D eigenvalue weighted by Gasteiger charge is -2.22. The minimum atomic E-state index is -0.226. The maximum absolute atomic E-state index is 13.7. The highest BCUT2D eigenvalue weighted by atomic mass is 35.5. The van der Waals surface area contributed by atoms with Crippen molar-refractivity contribution in [2.75, 3.05) is 0 Å². The minimum Gasteiger partial charge on any atom is -0.349 e. The molecule has 0 spiro atoms. The number of benzene rings is 2. The molecule has 1 heterocycles. The number of rotatable bonds is 5. The van der Waals surface area contributed by atoms with Crippen molar-refractivity contribution in [3.05, 3.63) is 65.2 Å². The lowest BCUT2D eigenvalue weighted by atomic mass is 9.98. The zero-order valence-corrected chi connectivity index (χ0v) is 16.9. The van der Waals surface area contributed by atoms with E-state index in [4.69, 9.17) is 11.6 Å². The smallest absolute Gasteiger partial charge is 0.251 e. The van der Waals surface area contributed by atoms with Gasteiger partial charge < -0.3 is 9.88 Å². The van der Waals surface area contributed by atoms with Crippen LogP contribution in [-0.2, 0) is 0 Å². The topological polar surface area (TPSA) is 46.9 Å². The van der Waals surface area contributed by atoms with E-state index in [9.17, 15) is 9.18 Å². The molecule has 0 bridgehead atoms. The van der Waals surface area contributed by atoms with Crippen molar-refractivity contribution in [2.24, 2.45) is 17.8 Å². The number of halogens is 2. The van der Waals surface area contributed by atoms with Crippen molar-refractivity contribution < 1.29 is 9.18 Å². The largest absolute Gasteiger partial charge is 0.349 e. The van der Waals surface area contributed by atoms with Crippen LogP contribution >= 0.6 is 11.6 Å². The zero-order chi connectivity index (χ0) is 20.1. The summed E-state index contributed by atoms with van der Waals surface area (Å²) >= 11 is 5.92. The van der Waals surface area contributed by atoms with Gasteiger partial charge in [-0.2, -0.15) is 0 Å². The van der Waals surface area contributed by atoms with Crippen LogP contribution in [0.25, 0.3) is 11.0 Å². The Hall–Kier alpha value is -2.40. The number of carbonyl (C=O) groups is 1. The number of fused-ring (bicyclic) bond motifs is 2. The maximum Gasteiger partial charge on any atom is 0.251 e. The van der Waals surface area contributed by atoms with Crippen molar-refractivity contribution in [3.63, 3.8) is 0 Å². The maximum atomic E-state index is 13.7. The molecule has 5 atom stereocenters. The van der Waals surface area contributed by atoms with Gasteiger partial charge in [0.1, 0.15) is 5.82 Å². The van der Waals surface area contributed by atoms with E-state index in [0.717, 1.165) is 30.3 Å². The Kier molecular flexibility index (Phi) is 4.58. The Morgan fingerprint density at radius 1 is 1.24 bits per heavy atom. The molecule has 2 aliphatic rings. The fourth-order valence-electron chi connectivity index (χ4n) is 5.30. The van der Waals surface area contributed by atoms with Crippen LogP contribution in [0.4, 0.5) is 4.39 Å². The molecular formula is C23H23ClFN3O. The van der Waals surface area contributed by atoms with Gasteiger partial charge in [0.15, 0.2) is 0 Å². The van der Waals surface area contributed by atoms with Gasteiger partial charge in [0, 0.05) is 22.7 Å². The Morgan fingerprint density at radius 2 is 1.97 bits per heavy atom. The van der Waals surface area contributed by atoms with Crippen molar-refractivity contribution in [1.82, 2.24) is 14.9 Å². The van der Waals surface area contributed by atoms with Crippen molar-refractivity contribution in [2.45, 2.75) is 38.3 Å². The van der Waals surface area contributed by atoms with Gasteiger partial charge in [-0.15, -0.1) is 0 Å². The third-order valence-electron chi connectivity index (χ3n) is 6.74. The Bertz CT molecular complexity index is 1050. The summed E-state index contributed by atoms with van der Waals surface area (Å²) in [6.45, 7) is 2.13. The predicted octanol–water partition coefficient (Wildman–Crippen LogP) is 5.23. The highest BCUT2D eigenvalue weighted by molar-refractivity contribution is 6.30. The molecule has 29 heavy (non-hydrogen) atoms. The van der Waals surface area contributed by atoms with Crippen LogP contribution in [0.2, 0.25) is 5.02 Å². The zero-order valence-electron chi connectivity index (χ0n) is 16.2. The van der Waals surface area contributed by atoms with Gasteiger partial charge >= 0.3 is 0 Å². The summed E-state index contributed by atoms with van der Waals surface area (Å²) in [6, 6.07) is 12.3. The molecule has 150 valence electrons. The number of nitrogens with one attached hydrogen (secondary N) is 1. The molecule has 4 nitrogen and oxygen atoms in total. The normalized spacial score (nSPS) is 26.3. The molecule has 2 aromatic carbocycles. The van der Waals surface area contributed by atoms with E-state index in [0.29, 0.717) is 34.4 Å². The quantitative estimate of drug-likeness (QED) is 0.624. The first-order chi connectivity index (χ1) is 14.0. The summed E-state index contributed by atoms with van der Waals surface area (Å²) in [5.41, 5.74) is 2.35. The van der Waals surface area contributed by atoms with E-state index in [2.05, 4.69) is 21.8 Å². The average molecular weight is 412 g/mol. The molecule has 2 aliphatic carbocycles. The highest BCUT2D eigenvalue weighted by Crippen LogP contribution is 2.62. The summed E-state index contributed by atoms with van der Waals surface area (Å²) in [7, 11) is 0. The van der Waals surface area contributed by atoms with Gasteiger partial charge in [0.25, 0.3) is 5.91 Å². The van der Waals surface area contributed by atoms with Gasteiger partial charge in [-0.05, 0) is 79.5 Å². The van der Waals surface area contributed by atoms with Crippen LogP contribution in [0, 0.1) is 23.6 Å². The highest BCUT2D eigenvalue weighted by Gasteiger charge is 2.59. The van der Waals surface area contributed by atoms with E-state index >= 15 is 0 Å². The lowest BCUT2D eigenvalue weighted by Crippen LogP contribution is -2.37. The van der Waals surface area contributed by atoms with Crippen LogP contribution < -0.4 is 5.32 Å². The summed E-state index contributed by atoms with van der Waals surface area (Å²) in [6.07, 6.45) is 4.88. The first kappa shape index (κ1) is 18.6. The number of amides is 1. The monoisotopic (exact) mass is 411 g/mol. The molecule has 2 fully saturated rings. The number of imidazole rings is 1. The van der Waals surface area contributed by atoms with Crippen molar-refractivity contribution in [3.8, 4) is 0 Å². The third-order valence-corrected chi connectivity index (χ3v) is 7.00. The number of nitrogens with zero attached hydrogens (tertiary/aromatic N) is 2. The number of carbonyl (C=O) groups excluding carboxylic acids is 1. The molecule has 6 heteroatoms. The van der Waals surface area contributed by atoms with Crippen LogP contribution in [0.5, 0.6) is 0 Å². The van der Waals surface area contributed by atoms with Gasteiger partial charge in [0.2, 0.25) is 0 Å². The summed E-state index contributed by atoms with van der Waals surface area (Å²) in [5, 5.41) is 3.86. The van der Waals surface area contributed by atoms with Gasteiger partial charge in [0.05, 0.1) is 17.4 Å². The Morgan fingerprint density at radius 3 is 2.66 bits per heavy atom. The molecule has 1 aromatic heterocycles. The van der Waals surface area contributed by atoms with Crippen LogP contribution in [-0.4, -0.2) is 21.5 Å². The number of hydrogen-bond donors (Lipinski definition) is 1. The van der Waals surface area contributed by atoms with Crippen molar-refractivity contribution >= 4 is 28.5 Å². The second kappa shape index (κ2) is 7.13. The standard InChI is InChI=1S/C23H23ClFN3O/c1-2-19(27-23(29)13-3-5-14(24)6-4-13)22-17-10-16(11-18(17)22)28-12-26-20-8-7-15(25)9-21(20)28/h3-9,12,16-19,22H,2,10-11H2,1H3,(H,27,29)/t16?,17-,18+,19?,22?. The Balaban J connectivity index is 1.25. The Labute approximate surface area is 174 Å². The molecule has 2 saturated carbocycles. The summed E-state index contributed by atoms with van der Waals surface area (Å²) in [5.74, 6) is 1.49. The predicted molar refractivity (Wildman–Crippen MR) is 111 cm³/mol. The molecule has 3 aromatic rings. The summed E-state index contributed by atoms with van der Waals surface area (Å²) in [4.78, 5) is 17.0. The number of aromatic nitrogens is 2. The third kappa shape index (κ3) is 3.31. The second-order valence-corrected chi connectivity index (χ2v) is 8.75. The molecule has 3 unspecified atom stereocenters. The molecule has 0 aliphatic heterocycles. The van der Waals surface area contributed by atoms with E-state index in [-0.39, 0.29) is 17.8 Å². The first-order valence-electron chi connectivity index (χ1n) is 10.2. The molecule has 0 radical (unpaired) electrons. The molecule has 1 N–H and O–H groups in total. The van der Waals surface area contributed by atoms with Crippen LogP contribution in [0.15, 0.2) is 48.8 Å². The van der Waals surface area contributed by atoms with Crippen LogP contribution in [0.1, 0.15) is 42.6 Å². The van der Waals surface area contributed by atoms with Crippen LogP contribution in [0.3, 0.4) is 0 Å². The summed E-state index contributed by atoms with van der Waals surface area (Å²) < 4.78 is 15.8. The molecular weight excluding hydrogens is 389 g/mol. The first-order valence-corrected chi connectivity index (χ1v) is 10.6. The molecule has 1 amide bonds. The van der Waals surface area contributed by atoms with Gasteiger partial charge in [-0.3, -0.25) is 4.79 Å². The second-order valence-electron chi connectivity index (χ2n) is 8.31. The van der Waals surface area contributed by atoms with E-state index in [1.165, 1.54) is 6.07 Å². The number of hydrogen-bond acceptors (Lipinski definition) is 2. The van der Waals surface area contributed by atoms with Crippen molar-refractivity contribution in [1.29, 1.82) is 0 Å². The SMILES string of the molecule is CCC(NC(=O)c1ccc(Cl)cc1)C1[C@H]2CC(n3cnc4ccc(F)cc43)C[C@@H]12. The minimum absolute atomic E-state index is 0.0360. The van der Waals surface area contributed by atoms with E-state index in [1.807, 2.05) is 6.33 Å². The van der Waals surface area contributed by atoms with E-state index < -0.39 is 0 Å². The molecule has 0 saturated heterocycles. The van der Waals surface area contributed by atoms with Gasteiger partial charge in [-0.25, -0.2) is 9.37 Å².